The summed E-state index contributed by atoms with van der Waals surface area (Å²) in [5.41, 5.74) is 2.26. The van der Waals surface area contributed by atoms with Gasteiger partial charge in [0.05, 0.1) is 5.39 Å². The molecule has 1 atom stereocenters. The summed E-state index contributed by atoms with van der Waals surface area (Å²) < 4.78 is 1.71. The standard InChI is InChI=1S/C17H21N7O/c1-11-8-14(22-23(11)2)17(25)21-12-4-3-7-24(9-12)16-13-5-6-18-15(13)19-10-20-16/h5-6,8,10,12H,3-4,7,9H2,1-2H3,(H,21,25)(H,18,19,20). The fourth-order valence-corrected chi connectivity index (χ4v) is 3.33. The molecule has 1 saturated heterocycles. The van der Waals surface area contributed by atoms with Crippen LogP contribution in [0.15, 0.2) is 24.7 Å². The SMILES string of the molecule is Cc1cc(C(=O)NC2CCCN(c3ncnc4[nH]ccc34)C2)nn1C. The molecule has 1 aliphatic rings. The normalized spacial score (nSPS) is 17.8. The molecule has 3 aromatic heterocycles. The molecule has 0 spiro atoms. The molecule has 25 heavy (non-hydrogen) atoms. The van der Waals surface area contributed by atoms with Crippen LogP contribution >= 0.6 is 0 Å². The Bertz CT molecular complexity index is 893. The van der Waals surface area contributed by atoms with Gasteiger partial charge in [-0.1, -0.05) is 0 Å². The first kappa shape index (κ1) is 15.6. The highest BCUT2D eigenvalue weighted by Crippen LogP contribution is 2.25. The summed E-state index contributed by atoms with van der Waals surface area (Å²) in [6.45, 7) is 3.59. The van der Waals surface area contributed by atoms with Gasteiger partial charge in [0.2, 0.25) is 0 Å². The third-order valence-corrected chi connectivity index (χ3v) is 4.74. The van der Waals surface area contributed by atoms with Gasteiger partial charge in [-0.3, -0.25) is 9.48 Å². The van der Waals surface area contributed by atoms with E-state index in [1.54, 1.807) is 11.0 Å². The molecule has 1 unspecified atom stereocenters. The Morgan fingerprint density at radius 1 is 1.40 bits per heavy atom. The van der Waals surface area contributed by atoms with Crippen LogP contribution in [0, 0.1) is 6.92 Å². The number of aryl methyl sites for hydroxylation is 2. The molecular formula is C17H21N7O. The number of hydrogen-bond donors (Lipinski definition) is 2. The summed E-state index contributed by atoms with van der Waals surface area (Å²) >= 11 is 0. The first-order valence-electron chi connectivity index (χ1n) is 8.46. The number of carbonyl (C=O) groups excluding carboxylic acids is 1. The number of nitrogens with one attached hydrogen (secondary N) is 2. The van der Waals surface area contributed by atoms with Crippen molar-refractivity contribution in [1.29, 1.82) is 0 Å². The molecule has 0 radical (unpaired) electrons. The second-order valence-corrected chi connectivity index (χ2v) is 6.49. The van der Waals surface area contributed by atoms with Gasteiger partial charge in [0.25, 0.3) is 5.91 Å². The number of aromatic nitrogens is 5. The van der Waals surface area contributed by atoms with E-state index in [0.29, 0.717) is 5.69 Å². The number of amides is 1. The lowest BCUT2D eigenvalue weighted by Crippen LogP contribution is -2.48. The van der Waals surface area contributed by atoms with Crippen molar-refractivity contribution in [1.82, 2.24) is 30.0 Å². The molecule has 1 fully saturated rings. The summed E-state index contributed by atoms with van der Waals surface area (Å²) in [6.07, 6.45) is 5.40. The van der Waals surface area contributed by atoms with Crippen molar-refractivity contribution < 1.29 is 4.79 Å². The van der Waals surface area contributed by atoms with E-state index in [9.17, 15) is 4.79 Å². The van der Waals surface area contributed by atoms with E-state index >= 15 is 0 Å². The second-order valence-electron chi connectivity index (χ2n) is 6.49. The Kier molecular flexibility index (Phi) is 3.87. The van der Waals surface area contributed by atoms with Crippen LogP contribution in [0.1, 0.15) is 29.0 Å². The predicted octanol–water partition coefficient (Wildman–Crippen LogP) is 1.40. The second kappa shape index (κ2) is 6.19. The van der Waals surface area contributed by atoms with E-state index in [1.165, 1.54) is 0 Å². The van der Waals surface area contributed by atoms with Crippen molar-refractivity contribution in [3.05, 3.63) is 36.0 Å². The van der Waals surface area contributed by atoms with Crippen molar-refractivity contribution in [3.8, 4) is 0 Å². The summed E-state index contributed by atoms with van der Waals surface area (Å²) in [5, 5.41) is 8.37. The molecule has 0 aromatic carbocycles. The van der Waals surface area contributed by atoms with Crippen LogP contribution in [-0.4, -0.2) is 49.8 Å². The molecule has 3 aromatic rings. The zero-order valence-corrected chi connectivity index (χ0v) is 14.4. The zero-order chi connectivity index (χ0) is 17.4. The van der Waals surface area contributed by atoms with E-state index in [-0.39, 0.29) is 11.9 Å². The molecule has 2 N–H and O–H groups in total. The van der Waals surface area contributed by atoms with Crippen LogP contribution < -0.4 is 10.2 Å². The minimum absolute atomic E-state index is 0.0764. The van der Waals surface area contributed by atoms with Gasteiger partial charge in [0.1, 0.15) is 23.5 Å². The maximum atomic E-state index is 12.5. The Morgan fingerprint density at radius 2 is 2.28 bits per heavy atom. The number of aromatic amines is 1. The molecule has 8 heteroatoms. The summed E-state index contributed by atoms with van der Waals surface area (Å²) in [4.78, 5) is 26.5. The molecule has 4 heterocycles. The van der Waals surface area contributed by atoms with Crippen molar-refractivity contribution in [2.45, 2.75) is 25.8 Å². The van der Waals surface area contributed by atoms with E-state index in [4.69, 9.17) is 0 Å². The maximum Gasteiger partial charge on any atom is 0.272 e. The monoisotopic (exact) mass is 339 g/mol. The van der Waals surface area contributed by atoms with Crippen LogP contribution in [0.25, 0.3) is 11.0 Å². The molecular weight excluding hydrogens is 318 g/mol. The van der Waals surface area contributed by atoms with Crippen LogP contribution in [0.5, 0.6) is 0 Å². The summed E-state index contributed by atoms with van der Waals surface area (Å²) in [6, 6.07) is 3.88. The van der Waals surface area contributed by atoms with Gasteiger partial charge in [0.15, 0.2) is 0 Å². The summed E-state index contributed by atoms with van der Waals surface area (Å²) in [7, 11) is 1.84. The van der Waals surface area contributed by atoms with Gasteiger partial charge in [0, 0.05) is 38.1 Å². The third-order valence-electron chi connectivity index (χ3n) is 4.74. The minimum Gasteiger partial charge on any atom is -0.354 e. The molecule has 0 aliphatic carbocycles. The van der Waals surface area contributed by atoms with Crippen LogP contribution in [0.3, 0.4) is 0 Å². The van der Waals surface area contributed by atoms with Crippen LogP contribution in [0.4, 0.5) is 5.82 Å². The number of nitrogens with zero attached hydrogens (tertiary/aromatic N) is 5. The van der Waals surface area contributed by atoms with Gasteiger partial charge >= 0.3 is 0 Å². The summed E-state index contributed by atoms with van der Waals surface area (Å²) in [5.74, 6) is 0.795. The Labute approximate surface area is 145 Å². The third kappa shape index (κ3) is 2.95. The lowest BCUT2D eigenvalue weighted by Gasteiger charge is -2.34. The average Bonchev–Trinajstić information content (AvgIpc) is 3.22. The van der Waals surface area contributed by atoms with Crippen molar-refractivity contribution in [2.75, 3.05) is 18.0 Å². The molecule has 0 saturated carbocycles. The van der Waals surface area contributed by atoms with E-state index in [0.717, 1.165) is 48.5 Å². The highest BCUT2D eigenvalue weighted by atomic mass is 16.2. The van der Waals surface area contributed by atoms with Crippen molar-refractivity contribution >= 4 is 22.8 Å². The van der Waals surface area contributed by atoms with Crippen LogP contribution in [-0.2, 0) is 7.05 Å². The highest BCUT2D eigenvalue weighted by Gasteiger charge is 2.25. The molecule has 130 valence electrons. The lowest BCUT2D eigenvalue weighted by molar-refractivity contribution is 0.0927. The number of piperidine rings is 1. The molecule has 4 rings (SSSR count). The largest absolute Gasteiger partial charge is 0.354 e. The number of anilines is 1. The minimum atomic E-state index is -0.120. The number of carbonyl (C=O) groups is 1. The van der Waals surface area contributed by atoms with E-state index in [1.807, 2.05) is 32.3 Å². The van der Waals surface area contributed by atoms with Gasteiger partial charge in [-0.15, -0.1) is 0 Å². The van der Waals surface area contributed by atoms with Gasteiger partial charge < -0.3 is 15.2 Å². The highest BCUT2D eigenvalue weighted by molar-refractivity contribution is 5.92. The Balaban J connectivity index is 1.49. The number of H-pyrrole nitrogens is 1. The smallest absolute Gasteiger partial charge is 0.272 e. The van der Waals surface area contributed by atoms with Gasteiger partial charge in [-0.05, 0) is 31.9 Å². The first-order chi connectivity index (χ1) is 12.1. The van der Waals surface area contributed by atoms with Gasteiger partial charge in [-0.2, -0.15) is 5.10 Å². The molecule has 8 nitrogen and oxygen atoms in total. The first-order valence-corrected chi connectivity index (χ1v) is 8.46. The maximum absolute atomic E-state index is 12.5. The number of hydrogen-bond acceptors (Lipinski definition) is 5. The predicted molar refractivity (Wildman–Crippen MR) is 94.5 cm³/mol. The topological polar surface area (TPSA) is 91.7 Å². The Hall–Kier alpha value is -2.90. The molecule has 1 aliphatic heterocycles. The zero-order valence-electron chi connectivity index (χ0n) is 14.4. The van der Waals surface area contributed by atoms with Crippen molar-refractivity contribution in [3.63, 3.8) is 0 Å². The van der Waals surface area contributed by atoms with E-state index in [2.05, 4.69) is 30.3 Å². The number of rotatable bonds is 3. The fourth-order valence-electron chi connectivity index (χ4n) is 3.33. The Morgan fingerprint density at radius 3 is 3.08 bits per heavy atom. The fraction of sp³-hybridized carbons (Fsp3) is 0.412. The van der Waals surface area contributed by atoms with E-state index < -0.39 is 0 Å². The van der Waals surface area contributed by atoms with Gasteiger partial charge in [-0.25, -0.2) is 9.97 Å². The lowest BCUT2D eigenvalue weighted by atomic mass is 10.1. The van der Waals surface area contributed by atoms with Crippen molar-refractivity contribution in [2.24, 2.45) is 7.05 Å². The molecule has 0 bridgehead atoms. The average molecular weight is 339 g/mol. The number of fused-ring (bicyclic) bond motifs is 1. The molecule has 1 amide bonds. The quantitative estimate of drug-likeness (QED) is 0.752. The van der Waals surface area contributed by atoms with Crippen LogP contribution in [0.2, 0.25) is 0 Å².